The van der Waals surface area contributed by atoms with Gasteiger partial charge in [-0.25, -0.2) is 4.79 Å². The van der Waals surface area contributed by atoms with Gasteiger partial charge in [0.05, 0.1) is 16.6 Å². The fraction of sp³-hybridized carbons (Fsp3) is 0.286. The highest BCUT2D eigenvalue weighted by Gasteiger charge is 2.38. The minimum atomic E-state index is -5.08. The number of nitrogens with zero attached hydrogens (tertiary/aromatic N) is 2. The molecule has 4 rings (SSSR count). The molecule has 2 aromatic heterocycles. The third kappa shape index (κ3) is 6.46. The number of amides is 1. The molecule has 176 valence electrons. The molecule has 0 radical (unpaired) electrons. The summed E-state index contributed by atoms with van der Waals surface area (Å²) in [7, 11) is 0. The number of carbonyl (C=O) groups is 2. The zero-order valence-corrected chi connectivity index (χ0v) is 16.7. The SMILES string of the molecule is O=C(Cn1ccc2ncc(-c3cccc(C(F)(F)F)c3)cc21)NC1CC1.O=C(O)C(F)(F)F. The molecule has 1 saturated carbocycles. The highest BCUT2D eigenvalue weighted by atomic mass is 19.4. The highest BCUT2D eigenvalue weighted by molar-refractivity contribution is 5.84. The van der Waals surface area contributed by atoms with Gasteiger partial charge in [-0.2, -0.15) is 26.3 Å². The van der Waals surface area contributed by atoms with Crippen LogP contribution in [0.5, 0.6) is 0 Å². The van der Waals surface area contributed by atoms with Gasteiger partial charge in [-0.15, -0.1) is 0 Å². The molecule has 2 heterocycles. The lowest BCUT2D eigenvalue weighted by atomic mass is 10.0. The first-order valence-corrected chi connectivity index (χ1v) is 9.56. The van der Waals surface area contributed by atoms with Crippen molar-refractivity contribution in [3.05, 3.63) is 54.4 Å². The molecule has 0 bridgehead atoms. The number of pyridine rings is 1. The first-order valence-electron chi connectivity index (χ1n) is 9.56. The molecule has 1 aliphatic carbocycles. The minimum Gasteiger partial charge on any atom is -0.475 e. The summed E-state index contributed by atoms with van der Waals surface area (Å²) in [6.45, 7) is 0.160. The van der Waals surface area contributed by atoms with Gasteiger partial charge in [-0.3, -0.25) is 9.78 Å². The Morgan fingerprint density at radius 3 is 2.30 bits per heavy atom. The maximum Gasteiger partial charge on any atom is 0.490 e. The van der Waals surface area contributed by atoms with E-state index < -0.39 is 23.9 Å². The van der Waals surface area contributed by atoms with Crippen molar-refractivity contribution in [1.29, 1.82) is 0 Å². The van der Waals surface area contributed by atoms with E-state index in [1.165, 1.54) is 6.07 Å². The summed E-state index contributed by atoms with van der Waals surface area (Å²) in [4.78, 5) is 25.2. The third-order valence-electron chi connectivity index (χ3n) is 4.64. The van der Waals surface area contributed by atoms with Crippen LogP contribution in [0.2, 0.25) is 0 Å². The molecule has 3 aromatic rings. The predicted octanol–water partition coefficient (Wildman–Crippen LogP) is 4.63. The lowest BCUT2D eigenvalue weighted by Crippen LogP contribution is -2.29. The van der Waals surface area contributed by atoms with Crippen molar-refractivity contribution < 1.29 is 41.0 Å². The number of carboxylic acids is 1. The van der Waals surface area contributed by atoms with Gasteiger partial charge in [-0.1, -0.05) is 12.1 Å². The van der Waals surface area contributed by atoms with E-state index in [9.17, 15) is 31.1 Å². The van der Waals surface area contributed by atoms with Gasteiger partial charge in [0, 0.05) is 24.0 Å². The number of nitrogens with one attached hydrogen (secondary N) is 1. The van der Waals surface area contributed by atoms with E-state index in [0.717, 1.165) is 25.0 Å². The highest BCUT2D eigenvalue weighted by Crippen LogP contribution is 2.32. The maximum atomic E-state index is 12.9. The molecule has 6 nitrogen and oxygen atoms in total. The quantitative estimate of drug-likeness (QED) is 0.541. The minimum absolute atomic E-state index is 0.0746. The third-order valence-corrected chi connectivity index (χ3v) is 4.64. The van der Waals surface area contributed by atoms with Crippen molar-refractivity contribution in [3.63, 3.8) is 0 Å². The van der Waals surface area contributed by atoms with Crippen LogP contribution in [0, 0.1) is 0 Å². The zero-order chi connectivity index (χ0) is 24.4. The zero-order valence-electron chi connectivity index (χ0n) is 16.7. The second-order valence-electron chi connectivity index (χ2n) is 7.30. The van der Waals surface area contributed by atoms with Crippen LogP contribution in [0.1, 0.15) is 18.4 Å². The Kier molecular flexibility index (Phi) is 6.65. The molecule has 0 saturated heterocycles. The molecule has 1 amide bonds. The van der Waals surface area contributed by atoms with Crippen molar-refractivity contribution in [2.45, 2.75) is 37.8 Å². The van der Waals surface area contributed by atoms with Gasteiger partial charge in [0.1, 0.15) is 6.54 Å². The molecule has 33 heavy (non-hydrogen) atoms. The van der Waals surface area contributed by atoms with Crippen LogP contribution in [0.15, 0.2) is 48.8 Å². The summed E-state index contributed by atoms with van der Waals surface area (Å²) in [6, 6.07) is 8.98. The van der Waals surface area contributed by atoms with Crippen LogP contribution < -0.4 is 5.32 Å². The standard InChI is InChI=1S/C19H16F3N3O.C2HF3O2/c20-19(21,22)14-3-1-2-12(8-14)13-9-17-16(23-10-13)6-7-25(17)11-18(26)24-15-4-5-15;3-2(4,5)1(6)7/h1-3,6-10,15H,4-5,11H2,(H,24,26);(H,6,7). The molecule has 0 aliphatic heterocycles. The van der Waals surface area contributed by atoms with Crippen LogP contribution in [0.25, 0.3) is 22.2 Å². The van der Waals surface area contributed by atoms with Gasteiger partial charge in [-0.05, 0) is 42.7 Å². The lowest BCUT2D eigenvalue weighted by Gasteiger charge is -2.10. The van der Waals surface area contributed by atoms with E-state index in [1.807, 2.05) is 0 Å². The molecular formula is C21H17F6N3O3. The second-order valence-corrected chi connectivity index (χ2v) is 7.30. The Morgan fingerprint density at radius 2 is 1.73 bits per heavy atom. The molecule has 1 aliphatic rings. The lowest BCUT2D eigenvalue weighted by molar-refractivity contribution is -0.192. The molecular weight excluding hydrogens is 456 g/mol. The van der Waals surface area contributed by atoms with Gasteiger partial charge < -0.3 is 15.0 Å². The number of carboxylic acid groups (broad SMARTS) is 1. The van der Waals surface area contributed by atoms with Gasteiger partial charge in [0.25, 0.3) is 0 Å². The van der Waals surface area contributed by atoms with E-state index in [-0.39, 0.29) is 18.5 Å². The Hall–Kier alpha value is -3.57. The average Bonchev–Trinajstić information content (AvgIpc) is 3.45. The van der Waals surface area contributed by atoms with Crippen LogP contribution in [0.4, 0.5) is 26.3 Å². The number of benzene rings is 1. The fourth-order valence-electron chi connectivity index (χ4n) is 2.89. The number of fused-ring (bicyclic) bond motifs is 1. The average molecular weight is 473 g/mol. The first-order chi connectivity index (χ1) is 15.3. The number of hydrogen-bond acceptors (Lipinski definition) is 3. The summed E-state index contributed by atoms with van der Waals surface area (Å²) in [5.41, 5.74) is 1.72. The summed E-state index contributed by atoms with van der Waals surface area (Å²) in [6.07, 6.45) is -4.14. The Morgan fingerprint density at radius 1 is 1.06 bits per heavy atom. The van der Waals surface area contributed by atoms with Crippen LogP contribution in [-0.2, 0) is 22.3 Å². The van der Waals surface area contributed by atoms with Crippen molar-refractivity contribution in [3.8, 4) is 11.1 Å². The van der Waals surface area contributed by atoms with Gasteiger partial charge in [0.2, 0.25) is 5.91 Å². The number of hydrogen-bond donors (Lipinski definition) is 2. The summed E-state index contributed by atoms with van der Waals surface area (Å²) in [5, 5.41) is 10.0. The normalized spacial score (nSPS) is 13.9. The fourth-order valence-corrected chi connectivity index (χ4v) is 2.89. The molecule has 12 heteroatoms. The predicted molar refractivity (Wildman–Crippen MR) is 105 cm³/mol. The number of aliphatic carboxylic acids is 1. The molecule has 1 fully saturated rings. The largest absolute Gasteiger partial charge is 0.490 e. The van der Waals surface area contributed by atoms with Crippen molar-refractivity contribution >= 4 is 22.9 Å². The first kappa shape index (κ1) is 24.1. The van der Waals surface area contributed by atoms with Crippen molar-refractivity contribution in [1.82, 2.24) is 14.9 Å². The Labute approximate surface area is 182 Å². The van der Waals surface area contributed by atoms with Crippen LogP contribution in [0.3, 0.4) is 0 Å². The van der Waals surface area contributed by atoms with E-state index in [4.69, 9.17) is 9.90 Å². The molecule has 2 N–H and O–H groups in total. The summed E-state index contributed by atoms with van der Waals surface area (Å²) < 4.78 is 72.3. The summed E-state index contributed by atoms with van der Waals surface area (Å²) in [5.74, 6) is -2.83. The number of carbonyl (C=O) groups excluding carboxylic acids is 1. The van der Waals surface area contributed by atoms with Crippen LogP contribution in [-0.4, -0.2) is 38.8 Å². The summed E-state index contributed by atoms with van der Waals surface area (Å²) >= 11 is 0. The smallest absolute Gasteiger partial charge is 0.475 e. The van der Waals surface area contributed by atoms with Crippen molar-refractivity contribution in [2.75, 3.05) is 0 Å². The maximum absolute atomic E-state index is 12.9. The van der Waals surface area contributed by atoms with E-state index in [1.54, 1.807) is 35.2 Å². The monoisotopic (exact) mass is 473 g/mol. The molecule has 0 atom stereocenters. The number of alkyl halides is 6. The van der Waals surface area contributed by atoms with E-state index in [2.05, 4.69) is 10.3 Å². The second kappa shape index (κ2) is 9.12. The van der Waals surface area contributed by atoms with E-state index >= 15 is 0 Å². The number of aromatic nitrogens is 2. The Balaban J connectivity index is 0.000000383. The van der Waals surface area contributed by atoms with Gasteiger partial charge >= 0.3 is 18.3 Å². The number of halogens is 6. The van der Waals surface area contributed by atoms with E-state index in [0.29, 0.717) is 22.2 Å². The Bertz CT molecular complexity index is 1170. The molecule has 0 unspecified atom stereocenters. The number of rotatable bonds is 4. The topological polar surface area (TPSA) is 84.2 Å². The van der Waals surface area contributed by atoms with Gasteiger partial charge in [0.15, 0.2) is 0 Å². The van der Waals surface area contributed by atoms with Crippen molar-refractivity contribution in [2.24, 2.45) is 0 Å². The molecule has 1 aromatic carbocycles. The molecule has 0 spiro atoms. The van der Waals surface area contributed by atoms with Crippen LogP contribution >= 0.6 is 0 Å².